The van der Waals surface area contributed by atoms with Crippen LogP contribution in [0, 0.1) is 5.92 Å². The number of amides is 1. The summed E-state index contributed by atoms with van der Waals surface area (Å²) in [4.78, 5) is 20.5. The van der Waals surface area contributed by atoms with Crippen LogP contribution in [-0.2, 0) is 17.9 Å². The molecule has 1 aromatic rings. The summed E-state index contributed by atoms with van der Waals surface area (Å²) in [6, 6.07) is 8.71. The fourth-order valence-electron chi connectivity index (χ4n) is 2.91. The number of likely N-dealkylation sites (N-methyl/N-ethyl adjacent to an activating group) is 1. The highest BCUT2D eigenvalue weighted by Crippen LogP contribution is 2.13. The van der Waals surface area contributed by atoms with Gasteiger partial charge in [-0.3, -0.25) is 9.69 Å². The van der Waals surface area contributed by atoms with Crippen LogP contribution in [0.5, 0.6) is 0 Å². The van der Waals surface area contributed by atoms with Crippen LogP contribution in [0.15, 0.2) is 29.3 Å². The molecule has 0 saturated carbocycles. The molecule has 1 aromatic carbocycles. The van der Waals surface area contributed by atoms with Crippen LogP contribution in [0.2, 0.25) is 0 Å². The maximum absolute atomic E-state index is 11.8. The number of benzene rings is 1. The zero-order chi connectivity index (χ0) is 19.6. The predicted octanol–water partition coefficient (Wildman–Crippen LogP) is 2.06. The lowest BCUT2D eigenvalue weighted by Gasteiger charge is -2.16. The summed E-state index contributed by atoms with van der Waals surface area (Å²) < 4.78 is 0. The van der Waals surface area contributed by atoms with Crippen LogP contribution in [0.4, 0.5) is 0 Å². The van der Waals surface area contributed by atoms with Gasteiger partial charge in [0, 0.05) is 27.2 Å². The second-order valence-corrected chi connectivity index (χ2v) is 7.88. The zero-order valence-electron chi connectivity index (χ0n) is 17.3. The molecule has 0 aliphatic carbocycles. The Labute approximate surface area is 164 Å². The fourth-order valence-corrected chi connectivity index (χ4v) is 2.91. The Morgan fingerprint density at radius 3 is 2.33 bits per heavy atom. The minimum absolute atomic E-state index is 0.0281. The first kappa shape index (κ1) is 21.2. The second kappa shape index (κ2) is 10.9. The molecule has 0 atom stereocenters. The first-order chi connectivity index (χ1) is 12.9. The number of guanidine groups is 1. The molecule has 6 nitrogen and oxygen atoms in total. The zero-order valence-corrected chi connectivity index (χ0v) is 17.3. The Balaban J connectivity index is 1.90. The fraction of sp³-hybridized carbons (Fsp3) is 0.619. The van der Waals surface area contributed by atoms with Gasteiger partial charge in [-0.15, -0.1) is 0 Å². The predicted molar refractivity (Wildman–Crippen MR) is 112 cm³/mol. The lowest BCUT2D eigenvalue weighted by Crippen LogP contribution is -2.44. The molecule has 1 fully saturated rings. The third-order valence-electron chi connectivity index (χ3n) is 4.63. The van der Waals surface area contributed by atoms with Crippen molar-refractivity contribution in [1.82, 2.24) is 20.4 Å². The molecule has 1 heterocycles. The van der Waals surface area contributed by atoms with Crippen LogP contribution in [0.25, 0.3) is 0 Å². The van der Waals surface area contributed by atoms with Crippen molar-refractivity contribution in [1.29, 1.82) is 0 Å². The molecule has 1 amide bonds. The molecule has 27 heavy (non-hydrogen) atoms. The van der Waals surface area contributed by atoms with Gasteiger partial charge in [0.2, 0.25) is 5.91 Å². The third kappa shape index (κ3) is 7.99. The Bertz CT molecular complexity index is 604. The number of likely N-dealkylation sites (tertiary alicyclic amines) is 1. The monoisotopic (exact) mass is 373 g/mol. The summed E-state index contributed by atoms with van der Waals surface area (Å²) in [5, 5.41) is 6.43. The smallest absolute Gasteiger partial charge is 0.241 e. The third-order valence-corrected chi connectivity index (χ3v) is 4.63. The van der Waals surface area contributed by atoms with Gasteiger partial charge in [0.05, 0.1) is 13.1 Å². The van der Waals surface area contributed by atoms with E-state index < -0.39 is 0 Å². The number of nitrogens with zero attached hydrogens (tertiary/aromatic N) is 3. The van der Waals surface area contributed by atoms with Crippen molar-refractivity contribution in [3.05, 3.63) is 35.4 Å². The summed E-state index contributed by atoms with van der Waals surface area (Å²) >= 11 is 0. The van der Waals surface area contributed by atoms with Crippen molar-refractivity contribution in [3.63, 3.8) is 0 Å². The Hall–Kier alpha value is -2.08. The molecule has 1 saturated heterocycles. The Morgan fingerprint density at radius 2 is 1.74 bits per heavy atom. The molecule has 0 unspecified atom stereocenters. The molecule has 6 heteroatoms. The van der Waals surface area contributed by atoms with Gasteiger partial charge >= 0.3 is 0 Å². The van der Waals surface area contributed by atoms with E-state index in [4.69, 9.17) is 0 Å². The largest absolute Gasteiger partial charge is 0.356 e. The van der Waals surface area contributed by atoms with Gasteiger partial charge in [0.1, 0.15) is 0 Å². The number of hydrogen-bond acceptors (Lipinski definition) is 3. The number of aliphatic imine (C=N–C) groups is 1. The van der Waals surface area contributed by atoms with Gasteiger partial charge < -0.3 is 15.5 Å². The van der Waals surface area contributed by atoms with E-state index in [0.717, 1.165) is 13.1 Å². The molecule has 0 aromatic heterocycles. The average molecular weight is 374 g/mol. The second-order valence-electron chi connectivity index (χ2n) is 7.88. The number of nitrogens with one attached hydrogen (secondary N) is 2. The van der Waals surface area contributed by atoms with Gasteiger partial charge in [0.15, 0.2) is 5.96 Å². The molecular formula is C21H35N5O. The van der Waals surface area contributed by atoms with Gasteiger partial charge in [-0.1, -0.05) is 38.1 Å². The van der Waals surface area contributed by atoms with E-state index in [1.807, 2.05) is 0 Å². The molecule has 0 bridgehead atoms. The minimum Gasteiger partial charge on any atom is -0.356 e. The molecular weight excluding hydrogens is 338 g/mol. The van der Waals surface area contributed by atoms with Crippen molar-refractivity contribution in [2.45, 2.75) is 39.8 Å². The Kier molecular flexibility index (Phi) is 8.58. The number of carbonyl (C=O) groups is 1. The number of hydrogen-bond donors (Lipinski definition) is 2. The standard InChI is InChI=1S/C21H35N5O/c1-17(2)13-22-21(24-15-20(27)25(3)4)23-14-18-7-9-19(10-8-18)16-26-11-5-6-12-26/h7-10,17H,5-6,11-16H2,1-4H3,(H2,22,23,24). The van der Waals surface area contributed by atoms with E-state index in [0.29, 0.717) is 18.4 Å². The van der Waals surface area contributed by atoms with E-state index in [1.54, 1.807) is 19.0 Å². The van der Waals surface area contributed by atoms with E-state index in [-0.39, 0.29) is 12.5 Å². The molecule has 0 radical (unpaired) electrons. The summed E-state index contributed by atoms with van der Waals surface area (Å²) in [7, 11) is 3.51. The molecule has 0 spiro atoms. The van der Waals surface area contributed by atoms with Crippen LogP contribution in [-0.4, -0.2) is 61.9 Å². The van der Waals surface area contributed by atoms with Crippen LogP contribution < -0.4 is 10.6 Å². The van der Waals surface area contributed by atoms with Crippen molar-refractivity contribution >= 4 is 11.9 Å². The van der Waals surface area contributed by atoms with Crippen LogP contribution in [0.1, 0.15) is 37.8 Å². The van der Waals surface area contributed by atoms with E-state index in [2.05, 4.69) is 58.6 Å². The summed E-state index contributed by atoms with van der Waals surface area (Å²) in [6.07, 6.45) is 2.64. The average Bonchev–Trinajstić information content (AvgIpc) is 3.14. The molecule has 150 valence electrons. The summed E-state index contributed by atoms with van der Waals surface area (Å²) in [6.45, 7) is 9.42. The highest BCUT2D eigenvalue weighted by molar-refractivity contribution is 5.86. The lowest BCUT2D eigenvalue weighted by molar-refractivity contribution is -0.127. The molecule has 1 aliphatic heterocycles. The molecule has 2 rings (SSSR count). The quantitative estimate of drug-likeness (QED) is 0.541. The van der Waals surface area contributed by atoms with E-state index >= 15 is 0 Å². The molecule has 2 N–H and O–H groups in total. The van der Waals surface area contributed by atoms with Gasteiger partial charge in [0.25, 0.3) is 0 Å². The minimum atomic E-state index is 0.0281. The van der Waals surface area contributed by atoms with Gasteiger partial charge in [-0.05, 0) is 43.0 Å². The first-order valence-corrected chi connectivity index (χ1v) is 9.96. The highest BCUT2D eigenvalue weighted by Gasteiger charge is 2.11. The normalized spacial score (nSPS) is 15.2. The van der Waals surface area contributed by atoms with Crippen molar-refractivity contribution in [2.24, 2.45) is 10.9 Å². The van der Waals surface area contributed by atoms with Crippen molar-refractivity contribution < 1.29 is 4.79 Å². The first-order valence-electron chi connectivity index (χ1n) is 9.96. The van der Waals surface area contributed by atoms with Crippen LogP contribution in [0.3, 0.4) is 0 Å². The van der Waals surface area contributed by atoms with E-state index in [1.165, 1.54) is 37.1 Å². The number of carbonyl (C=O) groups excluding carboxylic acids is 1. The van der Waals surface area contributed by atoms with Crippen LogP contribution >= 0.6 is 0 Å². The van der Waals surface area contributed by atoms with Gasteiger partial charge in [-0.2, -0.15) is 0 Å². The highest BCUT2D eigenvalue weighted by atomic mass is 16.2. The lowest BCUT2D eigenvalue weighted by atomic mass is 10.1. The van der Waals surface area contributed by atoms with E-state index in [9.17, 15) is 4.79 Å². The van der Waals surface area contributed by atoms with Crippen molar-refractivity contribution in [3.8, 4) is 0 Å². The maximum Gasteiger partial charge on any atom is 0.241 e. The van der Waals surface area contributed by atoms with Gasteiger partial charge in [-0.25, -0.2) is 4.99 Å². The summed E-state index contributed by atoms with van der Waals surface area (Å²) in [5.41, 5.74) is 2.53. The SMILES string of the molecule is CC(C)CNC(=NCc1ccc(CN2CCCC2)cc1)NCC(=O)N(C)C. The summed E-state index contributed by atoms with van der Waals surface area (Å²) in [5.74, 6) is 1.21. The van der Waals surface area contributed by atoms with Crippen molar-refractivity contribution in [2.75, 3.05) is 40.3 Å². The maximum atomic E-state index is 11.8. The Morgan fingerprint density at radius 1 is 1.11 bits per heavy atom. The number of rotatable bonds is 8. The molecule has 1 aliphatic rings. The topological polar surface area (TPSA) is 60.0 Å².